The molecule has 0 saturated heterocycles. The Bertz CT molecular complexity index is 952. The minimum Gasteiger partial charge on any atom is -0.459 e. The van der Waals surface area contributed by atoms with Crippen molar-refractivity contribution in [2.24, 2.45) is 0 Å². The molecule has 4 rings (SSSR count). The Kier molecular flexibility index (Phi) is 4.98. The van der Waals surface area contributed by atoms with E-state index >= 15 is 0 Å². The first-order valence-corrected chi connectivity index (χ1v) is 9.65. The molecule has 2 heterocycles. The molecule has 1 N–H and O–H groups in total. The SMILES string of the molecule is O=C(Nc1ccc(SCC(=O)N2CCc3ccccc32)cc1)c1ccco1. The van der Waals surface area contributed by atoms with Crippen molar-refractivity contribution >= 4 is 35.0 Å². The van der Waals surface area contributed by atoms with Crippen LogP contribution < -0.4 is 10.2 Å². The van der Waals surface area contributed by atoms with Gasteiger partial charge in [-0.05, 0) is 54.4 Å². The fourth-order valence-corrected chi connectivity index (χ4v) is 3.83. The number of furan rings is 1. The topological polar surface area (TPSA) is 62.6 Å². The number of amides is 2. The van der Waals surface area contributed by atoms with Crippen LogP contribution in [0, 0.1) is 0 Å². The summed E-state index contributed by atoms with van der Waals surface area (Å²) in [5.74, 6) is 0.472. The largest absolute Gasteiger partial charge is 0.459 e. The number of hydrogen-bond acceptors (Lipinski definition) is 4. The maximum Gasteiger partial charge on any atom is 0.291 e. The molecule has 0 atom stereocenters. The third-order valence-corrected chi connectivity index (χ3v) is 5.40. The smallest absolute Gasteiger partial charge is 0.291 e. The fraction of sp³-hybridized carbons (Fsp3) is 0.143. The van der Waals surface area contributed by atoms with E-state index in [0.29, 0.717) is 11.4 Å². The molecule has 27 heavy (non-hydrogen) atoms. The summed E-state index contributed by atoms with van der Waals surface area (Å²) >= 11 is 1.49. The van der Waals surface area contributed by atoms with E-state index in [1.54, 1.807) is 12.1 Å². The van der Waals surface area contributed by atoms with E-state index in [1.807, 2.05) is 47.4 Å². The van der Waals surface area contributed by atoms with Gasteiger partial charge in [0, 0.05) is 22.8 Å². The summed E-state index contributed by atoms with van der Waals surface area (Å²) in [6, 6.07) is 18.8. The van der Waals surface area contributed by atoms with E-state index in [-0.39, 0.29) is 17.6 Å². The first kappa shape index (κ1) is 17.4. The Morgan fingerprint density at radius 1 is 1.04 bits per heavy atom. The number of nitrogens with one attached hydrogen (secondary N) is 1. The Balaban J connectivity index is 1.33. The Labute approximate surface area is 161 Å². The van der Waals surface area contributed by atoms with Gasteiger partial charge in [-0.2, -0.15) is 0 Å². The van der Waals surface area contributed by atoms with Crippen molar-refractivity contribution in [3.63, 3.8) is 0 Å². The second-order valence-corrected chi connectivity index (χ2v) is 7.22. The number of fused-ring (bicyclic) bond motifs is 1. The molecule has 0 fully saturated rings. The van der Waals surface area contributed by atoms with E-state index in [1.165, 1.54) is 23.6 Å². The zero-order valence-electron chi connectivity index (χ0n) is 14.6. The van der Waals surface area contributed by atoms with E-state index < -0.39 is 0 Å². The quantitative estimate of drug-likeness (QED) is 0.676. The van der Waals surface area contributed by atoms with Crippen LogP contribution in [-0.2, 0) is 11.2 Å². The first-order valence-electron chi connectivity index (χ1n) is 8.67. The lowest BCUT2D eigenvalue weighted by Gasteiger charge is -2.17. The zero-order valence-corrected chi connectivity index (χ0v) is 15.4. The van der Waals surface area contributed by atoms with Crippen LogP contribution in [0.1, 0.15) is 16.1 Å². The highest BCUT2D eigenvalue weighted by Gasteiger charge is 2.23. The molecule has 2 amide bonds. The average molecular weight is 378 g/mol. The summed E-state index contributed by atoms with van der Waals surface area (Å²) in [6.07, 6.45) is 2.38. The predicted octanol–water partition coefficient (Wildman–Crippen LogP) is 4.21. The number of carbonyl (C=O) groups excluding carboxylic acids is 2. The molecule has 0 radical (unpaired) electrons. The van der Waals surface area contributed by atoms with E-state index in [9.17, 15) is 9.59 Å². The summed E-state index contributed by atoms with van der Waals surface area (Å²) in [4.78, 5) is 27.4. The van der Waals surface area contributed by atoms with Crippen LogP contribution in [0.3, 0.4) is 0 Å². The Morgan fingerprint density at radius 2 is 1.85 bits per heavy atom. The van der Waals surface area contributed by atoms with Gasteiger partial charge >= 0.3 is 0 Å². The molecule has 1 aliphatic heterocycles. The van der Waals surface area contributed by atoms with Crippen LogP contribution in [-0.4, -0.2) is 24.1 Å². The maximum atomic E-state index is 12.6. The van der Waals surface area contributed by atoms with E-state index in [0.717, 1.165) is 23.5 Å². The van der Waals surface area contributed by atoms with Crippen molar-refractivity contribution in [2.75, 3.05) is 22.5 Å². The highest BCUT2D eigenvalue weighted by molar-refractivity contribution is 8.00. The summed E-state index contributed by atoms with van der Waals surface area (Å²) in [6.45, 7) is 0.747. The summed E-state index contributed by atoms with van der Waals surface area (Å²) in [5, 5.41) is 2.78. The Hall–Kier alpha value is -2.99. The fourth-order valence-electron chi connectivity index (χ4n) is 3.06. The maximum absolute atomic E-state index is 12.6. The number of para-hydroxylation sites is 1. The second kappa shape index (κ2) is 7.72. The summed E-state index contributed by atoms with van der Waals surface area (Å²) in [5.41, 5.74) is 2.94. The summed E-state index contributed by atoms with van der Waals surface area (Å²) in [7, 11) is 0. The third kappa shape index (κ3) is 3.90. The van der Waals surface area contributed by atoms with Gasteiger partial charge in [0.2, 0.25) is 5.91 Å². The van der Waals surface area contributed by atoms with Crippen molar-refractivity contribution in [3.05, 3.63) is 78.3 Å². The van der Waals surface area contributed by atoms with Crippen LogP contribution in [0.2, 0.25) is 0 Å². The zero-order chi connectivity index (χ0) is 18.6. The first-order chi connectivity index (χ1) is 13.2. The van der Waals surface area contributed by atoms with Gasteiger partial charge in [0.25, 0.3) is 5.91 Å². The van der Waals surface area contributed by atoms with Crippen molar-refractivity contribution in [2.45, 2.75) is 11.3 Å². The molecule has 0 saturated carbocycles. The lowest BCUT2D eigenvalue weighted by atomic mass is 10.2. The average Bonchev–Trinajstić information content (AvgIpc) is 3.37. The second-order valence-electron chi connectivity index (χ2n) is 6.17. The predicted molar refractivity (Wildman–Crippen MR) is 106 cm³/mol. The number of benzene rings is 2. The molecule has 1 aliphatic rings. The van der Waals surface area contributed by atoms with Crippen molar-refractivity contribution in [1.29, 1.82) is 0 Å². The highest BCUT2D eigenvalue weighted by atomic mass is 32.2. The van der Waals surface area contributed by atoms with Crippen LogP contribution in [0.5, 0.6) is 0 Å². The molecular weight excluding hydrogens is 360 g/mol. The normalized spacial score (nSPS) is 12.7. The van der Waals surface area contributed by atoms with Crippen molar-refractivity contribution in [3.8, 4) is 0 Å². The molecule has 1 aromatic heterocycles. The standard InChI is InChI=1S/C21H18N2O3S/c24-20(23-12-11-15-4-1-2-5-18(15)23)14-27-17-9-7-16(8-10-17)22-21(25)19-6-3-13-26-19/h1-10,13H,11-12,14H2,(H,22,25). The molecule has 6 heteroatoms. The van der Waals surface area contributed by atoms with Gasteiger partial charge < -0.3 is 14.6 Å². The molecule has 0 unspecified atom stereocenters. The van der Waals surface area contributed by atoms with Gasteiger partial charge in [-0.25, -0.2) is 0 Å². The van der Waals surface area contributed by atoms with Gasteiger partial charge in [0.1, 0.15) is 0 Å². The highest BCUT2D eigenvalue weighted by Crippen LogP contribution is 2.29. The molecule has 2 aromatic carbocycles. The van der Waals surface area contributed by atoms with Gasteiger partial charge in [0.05, 0.1) is 12.0 Å². The Morgan fingerprint density at radius 3 is 2.63 bits per heavy atom. The van der Waals surface area contributed by atoms with Crippen molar-refractivity contribution in [1.82, 2.24) is 0 Å². The third-order valence-electron chi connectivity index (χ3n) is 4.41. The van der Waals surface area contributed by atoms with Gasteiger partial charge in [0.15, 0.2) is 5.76 Å². The molecule has 0 aliphatic carbocycles. The van der Waals surface area contributed by atoms with Gasteiger partial charge in [-0.15, -0.1) is 11.8 Å². The lowest BCUT2D eigenvalue weighted by Crippen LogP contribution is -2.30. The van der Waals surface area contributed by atoms with Gasteiger partial charge in [-0.1, -0.05) is 18.2 Å². The minimum atomic E-state index is -0.289. The summed E-state index contributed by atoms with van der Waals surface area (Å²) < 4.78 is 5.07. The molecule has 5 nitrogen and oxygen atoms in total. The molecular formula is C21H18N2O3S. The van der Waals surface area contributed by atoms with Crippen LogP contribution in [0.15, 0.2) is 76.2 Å². The molecule has 0 spiro atoms. The van der Waals surface area contributed by atoms with E-state index in [2.05, 4.69) is 11.4 Å². The van der Waals surface area contributed by atoms with Crippen LogP contribution in [0.4, 0.5) is 11.4 Å². The molecule has 0 bridgehead atoms. The number of hydrogen-bond donors (Lipinski definition) is 1. The number of thioether (sulfide) groups is 1. The number of rotatable bonds is 5. The lowest BCUT2D eigenvalue weighted by molar-refractivity contribution is -0.116. The number of carbonyl (C=O) groups is 2. The van der Waals surface area contributed by atoms with Crippen LogP contribution >= 0.6 is 11.8 Å². The monoisotopic (exact) mass is 378 g/mol. The molecule has 136 valence electrons. The minimum absolute atomic E-state index is 0.111. The molecule has 3 aromatic rings. The number of nitrogens with zero attached hydrogens (tertiary/aromatic N) is 1. The number of anilines is 2. The van der Waals surface area contributed by atoms with Crippen LogP contribution in [0.25, 0.3) is 0 Å². The van der Waals surface area contributed by atoms with E-state index in [4.69, 9.17) is 4.42 Å². The van der Waals surface area contributed by atoms with Gasteiger partial charge in [-0.3, -0.25) is 9.59 Å². The van der Waals surface area contributed by atoms with Crippen molar-refractivity contribution < 1.29 is 14.0 Å².